The van der Waals surface area contributed by atoms with E-state index >= 15 is 0 Å². The Balaban J connectivity index is 2.10. The van der Waals surface area contributed by atoms with E-state index in [9.17, 15) is 4.79 Å². The Morgan fingerprint density at radius 2 is 2.06 bits per heavy atom. The van der Waals surface area contributed by atoms with Gasteiger partial charge in [0.2, 0.25) is 5.78 Å². The highest BCUT2D eigenvalue weighted by Gasteiger charge is 2.13. The number of carbonyl (C=O) groups excluding carboxylic acids is 1. The fourth-order valence-corrected chi connectivity index (χ4v) is 1.85. The van der Waals surface area contributed by atoms with Gasteiger partial charge in [0.25, 0.3) is 0 Å². The number of hydrogen-bond acceptors (Lipinski definition) is 3. The molecule has 0 N–H and O–H groups in total. The molecule has 2 aromatic rings. The molecule has 0 aliphatic carbocycles. The van der Waals surface area contributed by atoms with Crippen molar-refractivity contribution in [2.45, 2.75) is 13.0 Å². The van der Waals surface area contributed by atoms with Crippen LogP contribution in [0.1, 0.15) is 21.9 Å². The lowest BCUT2D eigenvalue weighted by Gasteiger charge is -2.01. The number of hydrogen-bond donors (Lipinski definition) is 0. The zero-order valence-corrected chi connectivity index (χ0v) is 10.7. The Labute approximate surface area is 110 Å². The van der Waals surface area contributed by atoms with Crippen LogP contribution in [0.4, 0.5) is 0 Å². The molecule has 2 rings (SSSR count). The van der Waals surface area contributed by atoms with Gasteiger partial charge < -0.3 is 9.15 Å². The van der Waals surface area contributed by atoms with Gasteiger partial charge in [-0.2, -0.15) is 0 Å². The number of methoxy groups -OCH3 is 1. The molecule has 0 aliphatic heterocycles. The molecule has 0 atom stereocenters. The van der Waals surface area contributed by atoms with Crippen LogP contribution in [0.5, 0.6) is 0 Å². The Morgan fingerprint density at radius 3 is 2.78 bits per heavy atom. The van der Waals surface area contributed by atoms with Crippen molar-refractivity contribution in [3.8, 4) is 0 Å². The van der Waals surface area contributed by atoms with Gasteiger partial charge in [-0.25, -0.2) is 0 Å². The minimum Gasteiger partial charge on any atom is -0.456 e. The molecule has 0 amide bonds. The van der Waals surface area contributed by atoms with E-state index in [0.29, 0.717) is 23.2 Å². The maximum atomic E-state index is 12.0. The van der Waals surface area contributed by atoms with E-state index in [2.05, 4.69) is 0 Å². The Morgan fingerprint density at radius 1 is 1.28 bits per heavy atom. The third-order valence-electron chi connectivity index (χ3n) is 2.53. The number of Topliss-reactive ketones (excluding diaryl/α,β-unsaturated/α-hetero) is 1. The summed E-state index contributed by atoms with van der Waals surface area (Å²) in [5, 5.41) is 0.592. The van der Waals surface area contributed by atoms with Crippen molar-refractivity contribution in [2.75, 3.05) is 7.11 Å². The van der Waals surface area contributed by atoms with Gasteiger partial charge in [0.05, 0.1) is 0 Å². The van der Waals surface area contributed by atoms with Gasteiger partial charge in [0.1, 0.15) is 12.4 Å². The largest absolute Gasteiger partial charge is 0.456 e. The van der Waals surface area contributed by atoms with Crippen molar-refractivity contribution < 1.29 is 13.9 Å². The highest BCUT2D eigenvalue weighted by molar-refractivity contribution is 6.31. The monoisotopic (exact) mass is 264 g/mol. The second kappa shape index (κ2) is 5.85. The maximum absolute atomic E-state index is 12.0. The second-order valence-electron chi connectivity index (χ2n) is 3.89. The molecule has 1 aromatic heterocycles. The summed E-state index contributed by atoms with van der Waals surface area (Å²) in [5.41, 5.74) is 0.800. The minimum atomic E-state index is -0.0922. The Hall–Kier alpha value is -1.58. The first-order valence-electron chi connectivity index (χ1n) is 5.55. The van der Waals surface area contributed by atoms with Crippen LogP contribution in [0.3, 0.4) is 0 Å². The first-order chi connectivity index (χ1) is 8.70. The number of rotatable bonds is 5. The number of ketones is 1. The molecule has 0 fully saturated rings. The summed E-state index contributed by atoms with van der Waals surface area (Å²) in [5.74, 6) is 0.882. The normalized spacial score (nSPS) is 10.6. The van der Waals surface area contributed by atoms with Gasteiger partial charge in [0.15, 0.2) is 5.76 Å². The molecule has 94 valence electrons. The number of carbonyl (C=O) groups is 1. The average Bonchev–Trinajstić information content (AvgIpc) is 2.81. The SMILES string of the molecule is COCc1ccc(C(=O)Cc2ccccc2Cl)o1. The predicted octanol–water partition coefficient (Wildman–Crippen LogP) is 3.50. The maximum Gasteiger partial charge on any atom is 0.202 e. The molecule has 0 unspecified atom stereocenters. The van der Waals surface area contributed by atoms with E-state index < -0.39 is 0 Å². The highest BCUT2D eigenvalue weighted by atomic mass is 35.5. The standard InChI is InChI=1S/C14H13ClO3/c1-17-9-11-6-7-14(18-11)13(16)8-10-4-2-3-5-12(10)15/h2-7H,8-9H2,1H3. The topological polar surface area (TPSA) is 39.4 Å². The minimum absolute atomic E-state index is 0.0922. The molecular weight excluding hydrogens is 252 g/mol. The molecule has 0 bridgehead atoms. The van der Waals surface area contributed by atoms with Crippen LogP contribution >= 0.6 is 11.6 Å². The summed E-state index contributed by atoms with van der Waals surface area (Å²) in [7, 11) is 1.58. The predicted molar refractivity (Wildman–Crippen MR) is 68.9 cm³/mol. The molecule has 1 aromatic carbocycles. The summed E-state index contributed by atoms with van der Waals surface area (Å²) in [4.78, 5) is 12.0. The van der Waals surface area contributed by atoms with Crippen LogP contribution in [0, 0.1) is 0 Å². The Bertz CT molecular complexity index is 545. The molecule has 18 heavy (non-hydrogen) atoms. The molecule has 0 saturated carbocycles. The average molecular weight is 265 g/mol. The van der Waals surface area contributed by atoms with Crippen LogP contribution in [-0.2, 0) is 17.8 Å². The third-order valence-corrected chi connectivity index (χ3v) is 2.90. The zero-order chi connectivity index (χ0) is 13.0. The van der Waals surface area contributed by atoms with Crippen LogP contribution in [-0.4, -0.2) is 12.9 Å². The number of ether oxygens (including phenoxy) is 1. The molecule has 0 aliphatic rings. The number of benzene rings is 1. The van der Waals surface area contributed by atoms with Crippen LogP contribution in [0.15, 0.2) is 40.8 Å². The van der Waals surface area contributed by atoms with Crippen molar-refractivity contribution in [2.24, 2.45) is 0 Å². The van der Waals surface area contributed by atoms with Crippen LogP contribution in [0.25, 0.3) is 0 Å². The molecule has 3 nitrogen and oxygen atoms in total. The summed E-state index contributed by atoms with van der Waals surface area (Å²) in [6, 6.07) is 10.7. The first kappa shape index (κ1) is 12.9. The van der Waals surface area contributed by atoms with Gasteiger partial charge in [-0.15, -0.1) is 0 Å². The summed E-state index contributed by atoms with van der Waals surface area (Å²) < 4.78 is 10.3. The van der Waals surface area contributed by atoms with Crippen molar-refractivity contribution >= 4 is 17.4 Å². The summed E-state index contributed by atoms with van der Waals surface area (Å²) in [6.07, 6.45) is 0.236. The van der Waals surface area contributed by atoms with Gasteiger partial charge in [0, 0.05) is 18.6 Å². The van der Waals surface area contributed by atoms with Crippen LogP contribution in [0.2, 0.25) is 5.02 Å². The molecule has 0 spiro atoms. The van der Waals surface area contributed by atoms with Crippen LogP contribution < -0.4 is 0 Å². The molecular formula is C14H13ClO3. The fraction of sp³-hybridized carbons (Fsp3) is 0.214. The molecule has 0 saturated heterocycles. The van der Waals surface area contributed by atoms with E-state index in [1.807, 2.05) is 18.2 Å². The summed E-state index contributed by atoms with van der Waals surface area (Å²) >= 11 is 6.01. The lowest BCUT2D eigenvalue weighted by molar-refractivity contribution is 0.0957. The van der Waals surface area contributed by atoms with E-state index in [4.69, 9.17) is 20.8 Å². The van der Waals surface area contributed by atoms with E-state index in [0.717, 1.165) is 5.56 Å². The quantitative estimate of drug-likeness (QED) is 0.776. The van der Waals surface area contributed by atoms with Crippen molar-refractivity contribution in [1.29, 1.82) is 0 Å². The number of furan rings is 1. The molecule has 0 radical (unpaired) electrons. The third kappa shape index (κ3) is 3.00. The van der Waals surface area contributed by atoms with Gasteiger partial charge in [-0.05, 0) is 23.8 Å². The van der Waals surface area contributed by atoms with Gasteiger partial charge >= 0.3 is 0 Å². The molecule has 4 heteroatoms. The second-order valence-corrected chi connectivity index (χ2v) is 4.30. The van der Waals surface area contributed by atoms with E-state index in [1.54, 1.807) is 25.3 Å². The van der Waals surface area contributed by atoms with E-state index in [-0.39, 0.29) is 12.2 Å². The van der Waals surface area contributed by atoms with Crippen molar-refractivity contribution in [1.82, 2.24) is 0 Å². The van der Waals surface area contributed by atoms with Gasteiger partial charge in [-0.1, -0.05) is 29.8 Å². The number of halogens is 1. The van der Waals surface area contributed by atoms with Gasteiger partial charge in [-0.3, -0.25) is 4.79 Å². The molecule has 1 heterocycles. The first-order valence-corrected chi connectivity index (χ1v) is 5.92. The highest BCUT2D eigenvalue weighted by Crippen LogP contribution is 2.18. The fourth-order valence-electron chi connectivity index (χ4n) is 1.65. The lowest BCUT2D eigenvalue weighted by atomic mass is 10.1. The zero-order valence-electron chi connectivity index (χ0n) is 9.98. The van der Waals surface area contributed by atoms with E-state index in [1.165, 1.54) is 0 Å². The summed E-state index contributed by atoms with van der Waals surface area (Å²) in [6.45, 7) is 0.360. The van der Waals surface area contributed by atoms with Crippen molar-refractivity contribution in [3.05, 3.63) is 58.5 Å². The lowest BCUT2D eigenvalue weighted by Crippen LogP contribution is -2.02. The smallest absolute Gasteiger partial charge is 0.202 e. The van der Waals surface area contributed by atoms with Crippen molar-refractivity contribution in [3.63, 3.8) is 0 Å². The Kier molecular flexibility index (Phi) is 4.18.